The summed E-state index contributed by atoms with van der Waals surface area (Å²) in [7, 11) is -3.62. The molecule has 1 aliphatic rings. The molecule has 0 saturated heterocycles. The highest BCUT2D eigenvalue weighted by atomic mass is 35.5. The van der Waals surface area contributed by atoms with E-state index in [-0.39, 0.29) is 22.9 Å². The summed E-state index contributed by atoms with van der Waals surface area (Å²) in [5, 5.41) is 7.89. The number of amides is 1. The molecule has 1 amide bonds. The maximum absolute atomic E-state index is 12.7. The van der Waals surface area contributed by atoms with Crippen LogP contribution in [0.5, 0.6) is 0 Å². The zero-order chi connectivity index (χ0) is 22.7. The first-order valence-corrected chi connectivity index (χ1v) is 12.4. The molecule has 1 aromatic heterocycles. The second-order valence-electron chi connectivity index (χ2n) is 8.04. The predicted octanol–water partition coefficient (Wildman–Crippen LogP) is 4.55. The van der Waals surface area contributed by atoms with Crippen LogP contribution in [0, 0.1) is 0 Å². The average molecular weight is 473 g/mol. The molecule has 168 valence electrons. The molecule has 0 spiro atoms. The van der Waals surface area contributed by atoms with Crippen LogP contribution in [0.25, 0.3) is 10.9 Å². The third kappa shape index (κ3) is 5.38. The van der Waals surface area contributed by atoms with E-state index < -0.39 is 10.0 Å². The maximum Gasteiger partial charge on any atom is 0.240 e. The number of nitrogens with zero attached hydrogens (tertiary/aromatic N) is 1. The van der Waals surface area contributed by atoms with Crippen molar-refractivity contribution in [3.8, 4) is 0 Å². The highest BCUT2D eigenvalue weighted by molar-refractivity contribution is 7.89. The lowest BCUT2D eigenvalue weighted by Crippen LogP contribution is -2.40. The molecule has 3 aromatic rings. The van der Waals surface area contributed by atoms with Crippen molar-refractivity contribution < 1.29 is 13.2 Å². The summed E-state index contributed by atoms with van der Waals surface area (Å²) < 4.78 is 28.3. The number of anilines is 2. The second-order valence-corrected chi connectivity index (χ2v) is 10.2. The molecule has 0 aliphatic heterocycles. The molecule has 0 radical (unpaired) electrons. The van der Waals surface area contributed by atoms with Gasteiger partial charge in [0.15, 0.2) is 0 Å². The maximum atomic E-state index is 12.7. The molecule has 1 aliphatic carbocycles. The van der Waals surface area contributed by atoms with Crippen molar-refractivity contribution in [2.45, 2.75) is 49.6 Å². The number of pyridine rings is 1. The van der Waals surface area contributed by atoms with Crippen LogP contribution >= 0.6 is 11.6 Å². The van der Waals surface area contributed by atoms with Crippen LogP contribution in [0.1, 0.15) is 32.6 Å². The Kier molecular flexibility index (Phi) is 6.64. The van der Waals surface area contributed by atoms with Crippen LogP contribution < -0.4 is 15.4 Å². The van der Waals surface area contributed by atoms with Crippen molar-refractivity contribution in [3.05, 3.63) is 59.8 Å². The van der Waals surface area contributed by atoms with Gasteiger partial charge in [-0.1, -0.05) is 11.6 Å². The van der Waals surface area contributed by atoms with Crippen molar-refractivity contribution in [3.63, 3.8) is 0 Å². The Labute approximate surface area is 192 Å². The van der Waals surface area contributed by atoms with Gasteiger partial charge in [0, 0.05) is 47.0 Å². The van der Waals surface area contributed by atoms with Crippen molar-refractivity contribution >= 4 is 49.8 Å². The molecule has 0 unspecified atom stereocenters. The quantitative estimate of drug-likeness (QED) is 0.488. The molecule has 1 heterocycles. The van der Waals surface area contributed by atoms with Crippen molar-refractivity contribution in [1.82, 2.24) is 9.71 Å². The van der Waals surface area contributed by atoms with E-state index in [2.05, 4.69) is 20.3 Å². The lowest BCUT2D eigenvalue weighted by molar-refractivity contribution is -0.114. The SMILES string of the molecule is CC(=O)Nc1ccc(S(=O)(=O)N[C@H]2CC[C@@H](Nc3ccnc4cc(Cl)ccc34)CC2)cc1. The normalized spacial score (nSPS) is 18.9. The van der Waals surface area contributed by atoms with E-state index in [1.807, 2.05) is 24.3 Å². The van der Waals surface area contributed by atoms with Crippen LogP contribution in [0.3, 0.4) is 0 Å². The molecule has 9 heteroatoms. The fraction of sp³-hybridized carbons (Fsp3) is 0.304. The van der Waals surface area contributed by atoms with E-state index in [9.17, 15) is 13.2 Å². The van der Waals surface area contributed by atoms with Gasteiger partial charge in [-0.25, -0.2) is 13.1 Å². The largest absolute Gasteiger partial charge is 0.382 e. The zero-order valence-electron chi connectivity index (χ0n) is 17.6. The smallest absolute Gasteiger partial charge is 0.240 e. The van der Waals surface area contributed by atoms with Gasteiger partial charge in [0.25, 0.3) is 0 Å². The van der Waals surface area contributed by atoms with Gasteiger partial charge < -0.3 is 10.6 Å². The molecule has 2 aromatic carbocycles. The van der Waals surface area contributed by atoms with Gasteiger partial charge in [0.2, 0.25) is 15.9 Å². The first kappa shape index (κ1) is 22.5. The Hall–Kier alpha value is -2.68. The number of hydrogen-bond donors (Lipinski definition) is 3. The van der Waals surface area contributed by atoms with E-state index in [4.69, 9.17) is 11.6 Å². The van der Waals surface area contributed by atoms with E-state index in [1.165, 1.54) is 19.1 Å². The Morgan fingerprint density at radius 3 is 2.38 bits per heavy atom. The van der Waals surface area contributed by atoms with E-state index in [1.54, 1.807) is 18.3 Å². The number of carbonyl (C=O) groups excluding carboxylic acids is 1. The average Bonchev–Trinajstić information content (AvgIpc) is 2.75. The summed E-state index contributed by atoms with van der Waals surface area (Å²) in [6.45, 7) is 1.41. The van der Waals surface area contributed by atoms with E-state index in [0.717, 1.165) is 42.3 Å². The third-order valence-corrected chi connectivity index (χ3v) is 7.37. The number of benzene rings is 2. The van der Waals surface area contributed by atoms with Gasteiger partial charge in [0.1, 0.15) is 0 Å². The summed E-state index contributed by atoms with van der Waals surface area (Å²) in [6.07, 6.45) is 4.96. The minimum atomic E-state index is -3.62. The minimum absolute atomic E-state index is 0.110. The summed E-state index contributed by atoms with van der Waals surface area (Å²) >= 11 is 6.07. The van der Waals surface area contributed by atoms with Crippen molar-refractivity contribution in [1.29, 1.82) is 0 Å². The van der Waals surface area contributed by atoms with E-state index >= 15 is 0 Å². The lowest BCUT2D eigenvalue weighted by Gasteiger charge is -2.30. The molecular formula is C23H25ClN4O3S. The lowest BCUT2D eigenvalue weighted by atomic mass is 9.91. The zero-order valence-corrected chi connectivity index (χ0v) is 19.2. The monoisotopic (exact) mass is 472 g/mol. The summed E-state index contributed by atoms with van der Waals surface area (Å²) in [4.78, 5) is 15.7. The molecular weight excluding hydrogens is 448 g/mol. The number of fused-ring (bicyclic) bond motifs is 1. The van der Waals surface area contributed by atoms with Crippen LogP contribution in [0.2, 0.25) is 5.02 Å². The molecule has 32 heavy (non-hydrogen) atoms. The van der Waals surface area contributed by atoms with Gasteiger partial charge in [-0.05, 0) is 74.2 Å². The number of sulfonamides is 1. The van der Waals surface area contributed by atoms with Crippen LogP contribution in [-0.2, 0) is 14.8 Å². The van der Waals surface area contributed by atoms with Gasteiger partial charge in [-0.2, -0.15) is 0 Å². The number of nitrogens with one attached hydrogen (secondary N) is 3. The number of rotatable bonds is 6. The highest BCUT2D eigenvalue weighted by Gasteiger charge is 2.26. The number of aromatic nitrogens is 1. The highest BCUT2D eigenvalue weighted by Crippen LogP contribution is 2.28. The minimum Gasteiger partial charge on any atom is -0.382 e. The summed E-state index contributed by atoms with van der Waals surface area (Å²) in [5.41, 5.74) is 2.41. The topological polar surface area (TPSA) is 100 Å². The van der Waals surface area contributed by atoms with Gasteiger partial charge in [-0.15, -0.1) is 0 Å². The fourth-order valence-corrected chi connectivity index (χ4v) is 5.50. The molecule has 3 N–H and O–H groups in total. The predicted molar refractivity (Wildman–Crippen MR) is 127 cm³/mol. The molecule has 4 rings (SSSR count). The first-order valence-electron chi connectivity index (χ1n) is 10.5. The molecule has 0 atom stereocenters. The van der Waals surface area contributed by atoms with Crippen molar-refractivity contribution in [2.24, 2.45) is 0 Å². The summed E-state index contributed by atoms with van der Waals surface area (Å²) in [5.74, 6) is -0.201. The van der Waals surface area contributed by atoms with Crippen LogP contribution in [-0.4, -0.2) is 31.4 Å². The summed E-state index contributed by atoms with van der Waals surface area (Å²) in [6, 6.07) is 13.9. The number of hydrogen-bond acceptors (Lipinski definition) is 5. The van der Waals surface area contributed by atoms with Gasteiger partial charge in [-0.3, -0.25) is 9.78 Å². The molecule has 7 nitrogen and oxygen atoms in total. The standard InChI is InChI=1S/C23H25ClN4O3S/c1-15(29)26-17-7-9-20(10-8-17)32(30,31)28-19-5-3-18(4-6-19)27-22-12-13-25-23-14-16(24)2-11-21(22)23/h2,7-14,18-19,28H,3-6H2,1H3,(H,25,27)(H,26,29)/t18-,19+. The molecule has 0 bridgehead atoms. The Morgan fingerprint density at radius 2 is 1.69 bits per heavy atom. The fourth-order valence-electron chi connectivity index (χ4n) is 4.03. The van der Waals surface area contributed by atoms with Crippen LogP contribution in [0.15, 0.2) is 59.6 Å². The molecule has 1 saturated carbocycles. The third-order valence-electron chi connectivity index (χ3n) is 5.60. The Bertz CT molecular complexity index is 1220. The van der Waals surface area contributed by atoms with Gasteiger partial charge >= 0.3 is 0 Å². The van der Waals surface area contributed by atoms with Crippen LogP contribution in [0.4, 0.5) is 11.4 Å². The number of halogens is 1. The van der Waals surface area contributed by atoms with Crippen molar-refractivity contribution in [2.75, 3.05) is 10.6 Å². The molecule has 1 fully saturated rings. The first-order chi connectivity index (χ1) is 15.3. The van der Waals surface area contributed by atoms with Gasteiger partial charge in [0.05, 0.1) is 10.4 Å². The second kappa shape index (κ2) is 9.44. The van der Waals surface area contributed by atoms with E-state index in [0.29, 0.717) is 10.7 Å². The number of carbonyl (C=O) groups is 1. The Morgan fingerprint density at radius 1 is 1.00 bits per heavy atom. The Balaban J connectivity index is 1.35.